The normalized spacial score (nSPS) is 16.8. The first kappa shape index (κ1) is 17.8. The summed E-state index contributed by atoms with van der Waals surface area (Å²) in [7, 11) is 3.57. The van der Waals surface area contributed by atoms with Gasteiger partial charge in [-0.05, 0) is 43.8 Å². The van der Waals surface area contributed by atoms with E-state index in [1.807, 2.05) is 24.1 Å². The highest BCUT2D eigenvalue weighted by atomic mass is 35.5. The lowest BCUT2D eigenvalue weighted by atomic mass is 9.97. The number of piperidine rings is 1. The summed E-state index contributed by atoms with van der Waals surface area (Å²) in [6.45, 7) is 2.84. The number of allylic oxidation sites excluding steroid dienone is 1. The predicted octanol–water partition coefficient (Wildman–Crippen LogP) is 1.45. The van der Waals surface area contributed by atoms with Gasteiger partial charge in [-0.1, -0.05) is 12.2 Å². The topological polar surface area (TPSA) is 54.3 Å². The van der Waals surface area contributed by atoms with E-state index in [9.17, 15) is 9.59 Å². The molecule has 0 saturated carbocycles. The minimum absolute atomic E-state index is 0. The average molecular weight is 338 g/mol. The minimum Gasteiger partial charge on any atom is -0.341 e. The first-order valence-electron chi connectivity index (χ1n) is 7.93. The summed E-state index contributed by atoms with van der Waals surface area (Å²) in [5.74, 6) is 0.572. The number of hydrogen-bond donors (Lipinski definition) is 1. The van der Waals surface area contributed by atoms with Crippen molar-refractivity contribution in [2.24, 2.45) is 13.0 Å². The molecule has 0 atom stereocenters. The zero-order valence-corrected chi connectivity index (χ0v) is 14.5. The highest BCUT2D eigenvalue weighted by Gasteiger charge is 2.24. The molecule has 0 bridgehead atoms. The summed E-state index contributed by atoms with van der Waals surface area (Å²) in [6.07, 6.45) is 8.39. The van der Waals surface area contributed by atoms with Crippen molar-refractivity contribution in [3.63, 3.8) is 0 Å². The lowest BCUT2D eigenvalue weighted by Gasteiger charge is -2.28. The van der Waals surface area contributed by atoms with Crippen LogP contribution in [0.3, 0.4) is 0 Å². The molecule has 1 aromatic rings. The molecule has 6 heteroatoms. The van der Waals surface area contributed by atoms with Crippen LogP contribution in [0.1, 0.15) is 34.3 Å². The monoisotopic (exact) mass is 337 g/mol. The molecule has 1 aliphatic carbocycles. The molecule has 23 heavy (non-hydrogen) atoms. The van der Waals surface area contributed by atoms with Crippen LogP contribution < -0.4 is 10.9 Å². The zero-order chi connectivity index (χ0) is 15.7. The van der Waals surface area contributed by atoms with Gasteiger partial charge in [-0.3, -0.25) is 9.59 Å². The number of pyridine rings is 1. The fraction of sp³-hybridized carbons (Fsp3) is 0.529. The smallest absolute Gasteiger partial charge is 0.255 e. The van der Waals surface area contributed by atoms with Crippen molar-refractivity contribution < 1.29 is 4.79 Å². The molecule has 2 heterocycles. The van der Waals surface area contributed by atoms with E-state index in [0.29, 0.717) is 17.9 Å². The maximum atomic E-state index is 12.8. The molecular formula is C17H24ClN3O2. The lowest BCUT2D eigenvalue weighted by molar-refractivity contribution is 0.0761. The number of rotatable bonds is 3. The van der Waals surface area contributed by atoms with Gasteiger partial charge in [-0.25, -0.2) is 0 Å². The Morgan fingerprint density at radius 2 is 2.09 bits per heavy atom. The molecule has 0 spiro atoms. The Morgan fingerprint density at radius 1 is 1.39 bits per heavy atom. The van der Waals surface area contributed by atoms with Gasteiger partial charge in [-0.2, -0.15) is 0 Å². The van der Waals surface area contributed by atoms with Gasteiger partial charge in [0.15, 0.2) is 0 Å². The van der Waals surface area contributed by atoms with Gasteiger partial charge in [0.25, 0.3) is 11.5 Å². The summed E-state index contributed by atoms with van der Waals surface area (Å²) in [6, 6.07) is 0. The molecule has 2 aliphatic rings. The second-order valence-corrected chi connectivity index (χ2v) is 6.34. The Bertz CT molecular complexity index is 675. The Labute approximate surface area is 142 Å². The molecule has 1 saturated heterocycles. The van der Waals surface area contributed by atoms with Crippen molar-refractivity contribution in [2.45, 2.75) is 19.3 Å². The molecule has 1 N–H and O–H groups in total. The number of aromatic nitrogens is 1. The van der Waals surface area contributed by atoms with Crippen LogP contribution in [0.15, 0.2) is 17.1 Å². The van der Waals surface area contributed by atoms with E-state index >= 15 is 0 Å². The standard InChI is InChI=1S/C17H23N3O2.ClH/c1-19(10-12-6-8-18-9-7-12)17(22)15-11-20(2)16(21)14-5-3-4-13(14)15;/h3-4,11-12,18H,5-10H2,1-2H3;1H. The van der Waals surface area contributed by atoms with Gasteiger partial charge in [0.2, 0.25) is 0 Å². The minimum atomic E-state index is -0.00226. The number of nitrogens with one attached hydrogen (secondary N) is 1. The third-order valence-electron chi connectivity index (χ3n) is 4.69. The number of aryl methyl sites for hydroxylation is 1. The highest BCUT2D eigenvalue weighted by Crippen LogP contribution is 2.22. The van der Waals surface area contributed by atoms with Crippen LogP contribution in [0.2, 0.25) is 0 Å². The van der Waals surface area contributed by atoms with Crippen LogP contribution >= 0.6 is 12.4 Å². The molecule has 3 rings (SSSR count). The summed E-state index contributed by atoms with van der Waals surface area (Å²) in [5, 5.41) is 3.35. The fourth-order valence-corrected chi connectivity index (χ4v) is 3.41. The number of hydrogen-bond acceptors (Lipinski definition) is 3. The van der Waals surface area contributed by atoms with Gasteiger partial charge >= 0.3 is 0 Å². The van der Waals surface area contributed by atoms with E-state index in [1.54, 1.807) is 13.2 Å². The highest BCUT2D eigenvalue weighted by molar-refractivity contribution is 5.98. The van der Waals surface area contributed by atoms with Crippen molar-refractivity contribution in [3.05, 3.63) is 39.3 Å². The van der Waals surface area contributed by atoms with Gasteiger partial charge in [0, 0.05) is 32.4 Å². The first-order chi connectivity index (χ1) is 10.6. The first-order valence-corrected chi connectivity index (χ1v) is 7.93. The van der Waals surface area contributed by atoms with Crippen LogP contribution in [0.5, 0.6) is 0 Å². The van der Waals surface area contributed by atoms with Crippen molar-refractivity contribution in [1.29, 1.82) is 0 Å². The Balaban J connectivity index is 0.00000192. The molecule has 0 aromatic carbocycles. The van der Waals surface area contributed by atoms with Crippen LogP contribution in [-0.4, -0.2) is 42.1 Å². The Morgan fingerprint density at radius 3 is 2.78 bits per heavy atom. The Hall–Kier alpha value is -1.59. The summed E-state index contributed by atoms with van der Waals surface area (Å²) in [4.78, 5) is 26.7. The molecule has 1 fully saturated rings. The second-order valence-electron chi connectivity index (χ2n) is 6.34. The van der Waals surface area contributed by atoms with E-state index in [1.165, 1.54) is 4.57 Å². The quantitative estimate of drug-likeness (QED) is 0.908. The fourth-order valence-electron chi connectivity index (χ4n) is 3.41. The number of nitrogens with zero attached hydrogens (tertiary/aromatic N) is 2. The maximum absolute atomic E-state index is 12.8. The molecule has 5 nitrogen and oxygen atoms in total. The number of carbonyl (C=O) groups is 1. The molecular weight excluding hydrogens is 314 g/mol. The Kier molecular flexibility index (Phi) is 5.65. The number of carbonyl (C=O) groups excluding carboxylic acids is 1. The van der Waals surface area contributed by atoms with Crippen molar-refractivity contribution >= 4 is 24.4 Å². The van der Waals surface area contributed by atoms with E-state index in [4.69, 9.17) is 0 Å². The largest absolute Gasteiger partial charge is 0.341 e. The summed E-state index contributed by atoms with van der Waals surface area (Å²) in [5.41, 5.74) is 2.19. The second kappa shape index (κ2) is 7.32. The van der Waals surface area contributed by atoms with E-state index in [-0.39, 0.29) is 23.9 Å². The van der Waals surface area contributed by atoms with Crippen LogP contribution in [-0.2, 0) is 13.5 Å². The van der Waals surface area contributed by atoms with Gasteiger partial charge in [0.1, 0.15) is 0 Å². The third-order valence-corrected chi connectivity index (χ3v) is 4.69. The van der Waals surface area contributed by atoms with Crippen LogP contribution in [0.25, 0.3) is 6.08 Å². The number of halogens is 1. The maximum Gasteiger partial charge on any atom is 0.255 e. The van der Waals surface area contributed by atoms with E-state index < -0.39 is 0 Å². The molecule has 0 unspecified atom stereocenters. The predicted molar refractivity (Wildman–Crippen MR) is 94.2 cm³/mol. The van der Waals surface area contributed by atoms with Crippen molar-refractivity contribution in [1.82, 2.24) is 14.8 Å². The van der Waals surface area contributed by atoms with Crippen molar-refractivity contribution in [3.8, 4) is 0 Å². The molecule has 126 valence electrons. The summed E-state index contributed by atoms with van der Waals surface area (Å²) >= 11 is 0. The molecule has 1 amide bonds. The number of fused-ring (bicyclic) bond motifs is 1. The summed E-state index contributed by atoms with van der Waals surface area (Å²) < 4.78 is 1.53. The number of amides is 1. The van der Waals surface area contributed by atoms with E-state index in [0.717, 1.165) is 43.6 Å². The van der Waals surface area contributed by atoms with Crippen LogP contribution in [0, 0.1) is 5.92 Å². The van der Waals surface area contributed by atoms with E-state index in [2.05, 4.69) is 5.32 Å². The SMILES string of the molecule is CN(CC1CCNCC1)C(=O)c1cn(C)c(=O)c2c1C=CC2.Cl. The van der Waals surface area contributed by atoms with Crippen LogP contribution in [0.4, 0.5) is 0 Å². The molecule has 1 aromatic heterocycles. The van der Waals surface area contributed by atoms with Gasteiger partial charge in [-0.15, -0.1) is 12.4 Å². The third kappa shape index (κ3) is 3.51. The lowest BCUT2D eigenvalue weighted by Crippen LogP contribution is -2.38. The zero-order valence-electron chi connectivity index (χ0n) is 13.7. The van der Waals surface area contributed by atoms with Gasteiger partial charge in [0.05, 0.1) is 5.56 Å². The van der Waals surface area contributed by atoms with Gasteiger partial charge < -0.3 is 14.8 Å². The molecule has 1 aliphatic heterocycles. The van der Waals surface area contributed by atoms with Crippen molar-refractivity contribution in [2.75, 3.05) is 26.7 Å². The molecule has 0 radical (unpaired) electrons. The average Bonchev–Trinajstić information content (AvgIpc) is 3.01.